The lowest BCUT2D eigenvalue weighted by Gasteiger charge is -2.06. The van der Waals surface area contributed by atoms with Crippen LogP contribution in [-0.4, -0.2) is 27.8 Å². The second-order valence-electron chi connectivity index (χ2n) is 3.68. The number of carbonyl (C=O) groups is 1. The third-order valence-electron chi connectivity index (χ3n) is 2.44. The molecular formula is C12H9BrN4O2. The summed E-state index contributed by atoms with van der Waals surface area (Å²) in [5.41, 5.74) is 1.39. The molecule has 0 spiro atoms. The molecule has 2 aromatic rings. The summed E-state index contributed by atoms with van der Waals surface area (Å²) in [7, 11) is 1.34. The third-order valence-corrected chi connectivity index (χ3v) is 3.18. The van der Waals surface area contributed by atoms with Gasteiger partial charge in [-0.15, -0.1) is 5.10 Å². The van der Waals surface area contributed by atoms with Crippen LogP contribution in [-0.2, 0) is 11.3 Å². The van der Waals surface area contributed by atoms with Crippen molar-refractivity contribution in [3.8, 4) is 6.07 Å². The first kappa shape index (κ1) is 13.2. The molecule has 1 aromatic carbocycles. The highest BCUT2D eigenvalue weighted by atomic mass is 79.9. The molecule has 2 rings (SSSR count). The molecule has 0 amide bonds. The molecule has 0 unspecified atom stereocenters. The number of esters is 1. The molecule has 0 saturated carbocycles. The van der Waals surface area contributed by atoms with Crippen LogP contribution < -0.4 is 0 Å². The Hall–Kier alpha value is -2.20. The van der Waals surface area contributed by atoms with E-state index in [-0.39, 0.29) is 11.8 Å². The van der Waals surface area contributed by atoms with Gasteiger partial charge in [0.1, 0.15) is 12.4 Å². The molecule has 0 saturated heterocycles. The Kier molecular flexibility index (Phi) is 3.92. The minimum absolute atomic E-state index is 0.127. The van der Waals surface area contributed by atoms with Crippen molar-refractivity contribution in [3.63, 3.8) is 0 Å². The van der Waals surface area contributed by atoms with E-state index in [4.69, 9.17) is 5.26 Å². The van der Waals surface area contributed by atoms with E-state index >= 15 is 0 Å². The number of nitrogens with zero attached hydrogens (tertiary/aromatic N) is 4. The number of hydrogen-bond donors (Lipinski definition) is 0. The Morgan fingerprint density at radius 3 is 2.95 bits per heavy atom. The maximum absolute atomic E-state index is 11.4. The lowest BCUT2D eigenvalue weighted by atomic mass is 10.1. The number of rotatable bonds is 3. The van der Waals surface area contributed by atoms with Crippen LogP contribution in [0.1, 0.15) is 21.7 Å². The molecule has 1 aromatic heterocycles. The molecular weight excluding hydrogens is 312 g/mol. The minimum atomic E-state index is -0.389. The van der Waals surface area contributed by atoms with Crippen LogP contribution in [0.5, 0.6) is 0 Å². The van der Waals surface area contributed by atoms with E-state index in [0.717, 1.165) is 10.0 Å². The van der Waals surface area contributed by atoms with E-state index in [2.05, 4.69) is 30.7 Å². The fourth-order valence-electron chi connectivity index (χ4n) is 1.52. The highest BCUT2D eigenvalue weighted by molar-refractivity contribution is 9.10. The van der Waals surface area contributed by atoms with Crippen LogP contribution in [0.4, 0.5) is 0 Å². The fourth-order valence-corrected chi connectivity index (χ4v) is 2.02. The summed E-state index contributed by atoms with van der Waals surface area (Å²) in [6, 6.07) is 7.02. The largest absolute Gasteiger partial charge is 0.465 e. The van der Waals surface area contributed by atoms with Crippen LogP contribution in [0.25, 0.3) is 0 Å². The maximum atomic E-state index is 11.4. The zero-order valence-corrected chi connectivity index (χ0v) is 11.6. The monoisotopic (exact) mass is 320 g/mol. The Morgan fingerprint density at radius 1 is 1.58 bits per heavy atom. The van der Waals surface area contributed by atoms with Gasteiger partial charge in [-0.25, -0.2) is 14.5 Å². The summed E-state index contributed by atoms with van der Waals surface area (Å²) in [5, 5.41) is 12.6. The molecule has 0 aliphatic rings. The van der Waals surface area contributed by atoms with Crippen LogP contribution in [0.15, 0.2) is 29.0 Å². The summed E-state index contributed by atoms with van der Waals surface area (Å²) in [6.45, 7) is 0.455. The van der Waals surface area contributed by atoms with Crippen LogP contribution in [0.3, 0.4) is 0 Å². The third kappa shape index (κ3) is 2.98. The predicted octanol–water partition coefficient (Wildman–Crippen LogP) is 1.75. The van der Waals surface area contributed by atoms with Crippen LogP contribution >= 0.6 is 15.9 Å². The molecule has 0 radical (unpaired) electrons. The number of ether oxygens (including phenoxy) is 1. The standard InChI is InChI=1S/C12H9BrN4O2/c1-19-12(18)8-2-3-9(10(13)4-8)6-17-7-15-11(5-14)16-17/h2-4,7H,6H2,1H3. The van der Waals surface area contributed by atoms with Crippen molar-refractivity contribution in [2.24, 2.45) is 0 Å². The lowest BCUT2D eigenvalue weighted by molar-refractivity contribution is 0.0600. The average Bonchev–Trinajstić information content (AvgIpc) is 2.88. The number of nitriles is 1. The number of methoxy groups -OCH3 is 1. The summed E-state index contributed by atoms with van der Waals surface area (Å²) < 4.78 is 6.96. The number of hydrogen-bond acceptors (Lipinski definition) is 5. The van der Waals surface area contributed by atoms with Gasteiger partial charge in [-0.1, -0.05) is 22.0 Å². The van der Waals surface area contributed by atoms with Gasteiger partial charge in [0.25, 0.3) is 5.82 Å². The zero-order chi connectivity index (χ0) is 13.8. The van der Waals surface area contributed by atoms with Crippen LogP contribution in [0.2, 0.25) is 0 Å². The summed E-state index contributed by atoms with van der Waals surface area (Å²) in [6.07, 6.45) is 1.49. The van der Waals surface area contributed by atoms with Gasteiger partial charge < -0.3 is 4.74 Å². The van der Waals surface area contributed by atoms with Crippen molar-refractivity contribution >= 4 is 21.9 Å². The van der Waals surface area contributed by atoms with Crippen LogP contribution in [0, 0.1) is 11.3 Å². The molecule has 1 heterocycles. The fraction of sp³-hybridized carbons (Fsp3) is 0.167. The first-order chi connectivity index (χ1) is 9.13. The number of benzene rings is 1. The number of carbonyl (C=O) groups excluding carboxylic acids is 1. The molecule has 0 atom stereocenters. The molecule has 0 bridgehead atoms. The second-order valence-corrected chi connectivity index (χ2v) is 4.53. The van der Waals surface area contributed by atoms with E-state index < -0.39 is 0 Å². The molecule has 19 heavy (non-hydrogen) atoms. The van der Waals surface area contributed by atoms with Crippen molar-refractivity contribution < 1.29 is 9.53 Å². The van der Waals surface area contributed by atoms with Gasteiger partial charge in [0.05, 0.1) is 19.2 Å². The summed E-state index contributed by atoms with van der Waals surface area (Å²) in [5.74, 6) is -0.262. The Balaban J connectivity index is 2.22. The highest BCUT2D eigenvalue weighted by Gasteiger charge is 2.09. The topological polar surface area (TPSA) is 80.8 Å². The lowest BCUT2D eigenvalue weighted by Crippen LogP contribution is -2.04. The van der Waals surface area contributed by atoms with E-state index in [0.29, 0.717) is 12.1 Å². The first-order valence-electron chi connectivity index (χ1n) is 5.30. The number of halogens is 1. The Labute approximate surface area is 117 Å². The quantitative estimate of drug-likeness (QED) is 0.805. The van der Waals surface area contributed by atoms with Gasteiger partial charge in [0, 0.05) is 4.47 Å². The highest BCUT2D eigenvalue weighted by Crippen LogP contribution is 2.20. The van der Waals surface area contributed by atoms with Crippen molar-refractivity contribution in [2.75, 3.05) is 7.11 Å². The zero-order valence-electron chi connectivity index (χ0n) is 10.00. The summed E-state index contributed by atoms with van der Waals surface area (Å²) in [4.78, 5) is 15.2. The molecule has 0 fully saturated rings. The predicted molar refractivity (Wildman–Crippen MR) is 69.3 cm³/mol. The summed E-state index contributed by atoms with van der Waals surface area (Å²) >= 11 is 3.39. The Bertz CT molecular complexity index is 660. The Morgan fingerprint density at radius 2 is 2.37 bits per heavy atom. The normalized spacial score (nSPS) is 9.95. The van der Waals surface area contributed by atoms with Crippen molar-refractivity contribution in [1.29, 1.82) is 5.26 Å². The van der Waals surface area contributed by atoms with Gasteiger partial charge >= 0.3 is 5.97 Å². The van der Waals surface area contributed by atoms with E-state index in [1.54, 1.807) is 22.9 Å². The van der Waals surface area contributed by atoms with Crippen molar-refractivity contribution in [1.82, 2.24) is 14.8 Å². The van der Waals surface area contributed by atoms with Gasteiger partial charge in [0.15, 0.2) is 0 Å². The van der Waals surface area contributed by atoms with E-state index in [1.165, 1.54) is 13.4 Å². The first-order valence-corrected chi connectivity index (χ1v) is 6.09. The molecule has 96 valence electrons. The SMILES string of the molecule is COC(=O)c1ccc(Cn2cnc(C#N)n2)c(Br)c1. The molecule has 7 heteroatoms. The minimum Gasteiger partial charge on any atom is -0.465 e. The van der Waals surface area contributed by atoms with E-state index in [1.807, 2.05) is 6.07 Å². The maximum Gasteiger partial charge on any atom is 0.337 e. The van der Waals surface area contributed by atoms with Crippen molar-refractivity contribution in [3.05, 3.63) is 46.0 Å². The molecule has 6 nitrogen and oxygen atoms in total. The molecule has 0 N–H and O–H groups in total. The van der Waals surface area contributed by atoms with Gasteiger partial charge in [-0.05, 0) is 17.7 Å². The molecule has 0 aliphatic heterocycles. The second kappa shape index (κ2) is 5.63. The average molecular weight is 321 g/mol. The molecule has 0 aliphatic carbocycles. The van der Waals surface area contributed by atoms with Gasteiger partial charge in [-0.3, -0.25) is 0 Å². The van der Waals surface area contributed by atoms with Crippen molar-refractivity contribution in [2.45, 2.75) is 6.54 Å². The van der Waals surface area contributed by atoms with Gasteiger partial charge in [-0.2, -0.15) is 5.26 Å². The van der Waals surface area contributed by atoms with Gasteiger partial charge in [0.2, 0.25) is 0 Å². The van der Waals surface area contributed by atoms with E-state index in [9.17, 15) is 4.79 Å². The smallest absolute Gasteiger partial charge is 0.337 e. The number of aromatic nitrogens is 3.